The summed E-state index contributed by atoms with van der Waals surface area (Å²) < 4.78 is 0. The lowest BCUT2D eigenvalue weighted by Gasteiger charge is -2.28. The summed E-state index contributed by atoms with van der Waals surface area (Å²) in [5, 5.41) is 0. The normalized spacial score (nSPS) is 14.0. The average molecular weight is 383 g/mol. The molecule has 0 fully saturated rings. The molecule has 0 aromatic rings. The van der Waals surface area contributed by atoms with Crippen LogP contribution in [0.25, 0.3) is 0 Å². The van der Waals surface area contributed by atoms with Crippen LogP contribution in [0.1, 0.15) is 67.7 Å². The summed E-state index contributed by atoms with van der Waals surface area (Å²) in [5.74, 6) is 1.16. The van der Waals surface area contributed by atoms with Crippen molar-refractivity contribution in [2.75, 3.05) is 39.3 Å². The Labute approximate surface area is 166 Å². The van der Waals surface area contributed by atoms with Gasteiger partial charge in [0.25, 0.3) is 0 Å². The van der Waals surface area contributed by atoms with Gasteiger partial charge in [-0.15, -0.1) is 0 Å². The van der Waals surface area contributed by atoms with Gasteiger partial charge in [-0.1, -0.05) is 48.0 Å². The van der Waals surface area contributed by atoms with Gasteiger partial charge in [-0.3, -0.25) is 24.2 Å². The van der Waals surface area contributed by atoms with E-state index in [4.69, 9.17) is 0 Å². The summed E-state index contributed by atoms with van der Waals surface area (Å²) in [4.78, 5) is 40.3. The molecule has 0 heterocycles. The third-order valence-electron chi connectivity index (χ3n) is 5.38. The lowest BCUT2D eigenvalue weighted by molar-refractivity contribution is -0.126. The van der Waals surface area contributed by atoms with Crippen LogP contribution in [0.5, 0.6) is 0 Å². The second-order valence-electron chi connectivity index (χ2n) is 8.39. The Kier molecular flexibility index (Phi) is 13.4. The number of Topliss-reactive ketones (excluding diaryl/α,β-unsaturated/α-hetero) is 3. The van der Waals surface area contributed by atoms with Crippen molar-refractivity contribution < 1.29 is 14.4 Å². The Morgan fingerprint density at radius 3 is 1.78 bits per heavy atom. The first kappa shape index (κ1) is 25.9. The zero-order chi connectivity index (χ0) is 21.0. The Morgan fingerprint density at radius 2 is 1.30 bits per heavy atom. The van der Waals surface area contributed by atoms with E-state index in [-0.39, 0.29) is 29.2 Å². The van der Waals surface area contributed by atoms with E-state index < -0.39 is 0 Å². The van der Waals surface area contributed by atoms with Gasteiger partial charge in [0.05, 0.1) is 19.6 Å². The minimum atomic E-state index is 0.0171. The van der Waals surface area contributed by atoms with Crippen LogP contribution >= 0.6 is 0 Å². The topological polar surface area (TPSA) is 57.7 Å². The van der Waals surface area contributed by atoms with Gasteiger partial charge in [0.15, 0.2) is 0 Å². The van der Waals surface area contributed by atoms with E-state index in [0.29, 0.717) is 38.6 Å². The zero-order valence-electron chi connectivity index (χ0n) is 18.7. The van der Waals surface area contributed by atoms with Crippen LogP contribution in [0.2, 0.25) is 0 Å². The van der Waals surface area contributed by atoms with Crippen molar-refractivity contribution in [1.29, 1.82) is 0 Å². The van der Waals surface area contributed by atoms with Crippen LogP contribution in [-0.2, 0) is 14.4 Å². The number of hydrogen-bond donors (Lipinski definition) is 0. The Hall–Kier alpha value is -1.07. The van der Waals surface area contributed by atoms with Gasteiger partial charge < -0.3 is 0 Å². The third kappa shape index (κ3) is 12.1. The predicted octanol–water partition coefficient (Wildman–Crippen LogP) is 3.46. The van der Waals surface area contributed by atoms with Crippen molar-refractivity contribution >= 4 is 17.3 Å². The van der Waals surface area contributed by atoms with Crippen LogP contribution in [-0.4, -0.2) is 66.4 Å². The molecule has 27 heavy (non-hydrogen) atoms. The number of carbonyl (C=O) groups is 3. The van der Waals surface area contributed by atoms with Crippen LogP contribution in [0, 0.1) is 17.8 Å². The molecule has 0 aromatic heterocycles. The van der Waals surface area contributed by atoms with E-state index in [1.165, 1.54) is 0 Å². The van der Waals surface area contributed by atoms with Crippen molar-refractivity contribution in [2.24, 2.45) is 17.8 Å². The maximum absolute atomic E-state index is 12.3. The molecule has 0 saturated heterocycles. The molecule has 0 radical (unpaired) electrons. The average Bonchev–Trinajstić information content (AvgIpc) is 2.61. The fourth-order valence-electron chi connectivity index (χ4n) is 2.70. The lowest BCUT2D eigenvalue weighted by atomic mass is 10.0. The Morgan fingerprint density at radius 1 is 0.741 bits per heavy atom. The Balaban J connectivity index is 4.90. The molecule has 0 N–H and O–H groups in total. The van der Waals surface area contributed by atoms with E-state index in [9.17, 15) is 14.4 Å². The van der Waals surface area contributed by atoms with Gasteiger partial charge in [0.2, 0.25) is 0 Å². The van der Waals surface area contributed by atoms with E-state index in [1.807, 2.05) is 32.6 Å². The molecule has 0 rings (SSSR count). The van der Waals surface area contributed by atoms with Gasteiger partial charge in [-0.05, 0) is 32.2 Å². The largest absolute Gasteiger partial charge is 0.299 e. The molecular weight excluding hydrogens is 340 g/mol. The molecule has 0 spiro atoms. The highest BCUT2D eigenvalue weighted by Gasteiger charge is 2.19. The molecule has 2 atom stereocenters. The first-order valence-electron chi connectivity index (χ1n) is 10.6. The molecule has 0 saturated carbocycles. The van der Waals surface area contributed by atoms with Gasteiger partial charge in [-0.25, -0.2) is 0 Å². The number of hydrogen-bond acceptors (Lipinski definition) is 5. The fraction of sp³-hybridized carbons (Fsp3) is 0.864. The van der Waals surface area contributed by atoms with E-state index >= 15 is 0 Å². The van der Waals surface area contributed by atoms with Crippen LogP contribution in [0.15, 0.2) is 0 Å². The van der Waals surface area contributed by atoms with E-state index in [1.54, 1.807) is 6.92 Å². The fourth-order valence-corrected chi connectivity index (χ4v) is 2.70. The summed E-state index contributed by atoms with van der Waals surface area (Å²) in [5.41, 5.74) is 0. The molecule has 0 amide bonds. The van der Waals surface area contributed by atoms with Crippen molar-refractivity contribution in [2.45, 2.75) is 67.7 Å². The number of nitrogens with zero attached hydrogens (tertiary/aromatic N) is 2. The highest BCUT2D eigenvalue weighted by molar-refractivity contribution is 5.84. The van der Waals surface area contributed by atoms with Gasteiger partial charge >= 0.3 is 0 Å². The summed E-state index contributed by atoms with van der Waals surface area (Å²) in [6, 6.07) is 0. The minimum Gasteiger partial charge on any atom is -0.299 e. The summed E-state index contributed by atoms with van der Waals surface area (Å²) in [7, 11) is 0. The molecule has 2 unspecified atom stereocenters. The molecule has 158 valence electrons. The molecule has 5 heteroatoms. The quantitative estimate of drug-likeness (QED) is 0.409. The van der Waals surface area contributed by atoms with Crippen molar-refractivity contribution in [3.63, 3.8) is 0 Å². The van der Waals surface area contributed by atoms with Crippen LogP contribution < -0.4 is 0 Å². The number of carbonyl (C=O) groups excluding carboxylic acids is 3. The smallest absolute Gasteiger partial charge is 0.149 e. The van der Waals surface area contributed by atoms with Gasteiger partial charge in [0, 0.05) is 24.9 Å². The molecule has 0 aliphatic heterocycles. The van der Waals surface area contributed by atoms with Crippen molar-refractivity contribution in [3.05, 3.63) is 0 Å². The SMILES string of the molecule is CCC(C)CCN(CCN(CC(C)=O)CC(=O)C(C)CC)CC(=O)C(C)C. The van der Waals surface area contributed by atoms with Crippen LogP contribution in [0.4, 0.5) is 0 Å². The number of rotatable bonds is 16. The summed E-state index contributed by atoms with van der Waals surface area (Å²) in [6.07, 6.45) is 3.00. The number of ketones is 3. The summed E-state index contributed by atoms with van der Waals surface area (Å²) in [6.45, 7) is 17.0. The first-order valence-corrected chi connectivity index (χ1v) is 10.6. The second-order valence-corrected chi connectivity index (χ2v) is 8.39. The first-order chi connectivity index (χ1) is 12.6. The van der Waals surface area contributed by atoms with Crippen molar-refractivity contribution in [1.82, 2.24) is 9.80 Å². The van der Waals surface area contributed by atoms with E-state index in [0.717, 1.165) is 25.8 Å². The standard InChI is InChI=1S/C22H42N2O3/c1-8-18(5)10-11-23(15-21(26)17(3)4)12-13-24(14-20(7)25)16-22(27)19(6)9-2/h17-19H,8-16H2,1-7H3. The highest BCUT2D eigenvalue weighted by atomic mass is 16.1. The monoisotopic (exact) mass is 382 g/mol. The van der Waals surface area contributed by atoms with Gasteiger partial charge in [0.1, 0.15) is 17.3 Å². The second kappa shape index (κ2) is 14.0. The zero-order valence-corrected chi connectivity index (χ0v) is 18.7. The maximum Gasteiger partial charge on any atom is 0.149 e. The summed E-state index contributed by atoms with van der Waals surface area (Å²) >= 11 is 0. The molecule has 5 nitrogen and oxygen atoms in total. The lowest BCUT2D eigenvalue weighted by Crippen LogP contribution is -2.43. The Bertz CT molecular complexity index is 462. The molecule has 0 aliphatic carbocycles. The van der Waals surface area contributed by atoms with Crippen molar-refractivity contribution in [3.8, 4) is 0 Å². The maximum atomic E-state index is 12.3. The predicted molar refractivity (Wildman–Crippen MR) is 112 cm³/mol. The highest BCUT2D eigenvalue weighted by Crippen LogP contribution is 2.09. The van der Waals surface area contributed by atoms with Crippen LogP contribution in [0.3, 0.4) is 0 Å². The molecular formula is C22H42N2O3. The molecule has 0 aromatic carbocycles. The third-order valence-corrected chi connectivity index (χ3v) is 5.38. The van der Waals surface area contributed by atoms with Gasteiger partial charge in [-0.2, -0.15) is 0 Å². The minimum absolute atomic E-state index is 0.0171. The molecule has 0 bridgehead atoms. The van der Waals surface area contributed by atoms with E-state index in [2.05, 4.69) is 18.7 Å². The molecule has 0 aliphatic rings.